The Kier molecular flexibility index (Phi) is 3.92. The van der Waals surface area contributed by atoms with Gasteiger partial charge in [0.25, 0.3) is 0 Å². The molecule has 2 aromatic rings. The maximum atomic E-state index is 10.5. The number of carboxylic acid groups (broad SMARTS) is 1. The molecule has 110 valence electrons. The van der Waals surface area contributed by atoms with Crippen LogP contribution in [0.4, 0.5) is 5.82 Å². The second-order valence-corrected chi connectivity index (χ2v) is 4.96. The SMILES string of the molecule is O=C(O)COC1CCN(c2ccc3nccnc3n2)CC1. The topological polar surface area (TPSA) is 88.4 Å². The second kappa shape index (κ2) is 6.01. The van der Waals surface area contributed by atoms with E-state index in [0.717, 1.165) is 37.3 Å². The van der Waals surface area contributed by atoms with E-state index in [0.29, 0.717) is 5.65 Å². The predicted molar refractivity (Wildman–Crippen MR) is 76.2 cm³/mol. The summed E-state index contributed by atoms with van der Waals surface area (Å²) < 4.78 is 5.33. The lowest BCUT2D eigenvalue weighted by Gasteiger charge is -2.32. The number of hydrogen-bond donors (Lipinski definition) is 1. The fourth-order valence-electron chi connectivity index (χ4n) is 2.46. The Balaban J connectivity index is 1.64. The molecule has 7 heteroatoms. The largest absolute Gasteiger partial charge is 0.480 e. The molecular formula is C14H16N4O3. The third kappa shape index (κ3) is 3.25. The molecule has 0 aliphatic carbocycles. The maximum Gasteiger partial charge on any atom is 0.329 e. The van der Waals surface area contributed by atoms with Crippen molar-refractivity contribution in [3.8, 4) is 0 Å². The van der Waals surface area contributed by atoms with Crippen LogP contribution >= 0.6 is 0 Å². The van der Waals surface area contributed by atoms with E-state index in [-0.39, 0.29) is 12.7 Å². The van der Waals surface area contributed by atoms with Crippen LogP contribution in [0.3, 0.4) is 0 Å². The van der Waals surface area contributed by atoms with Gasteiger partial charge in [-0.05, 0) is 25.0 Å². The summed E-state index contributed by atoms with van der Waals surface area (Å²) in [4.78, 5) is 25.6. The average molecular weight is 288 g/mol. The average Bonchev–Trinajstić information content (AvgIpc) is 2.53. The highest BCUT2D eigenvalue weighted by Gasteiger charge is 2.21. The van der Waals surface area contributed by atoms with E-state index in [4.69, 9.17) is 9.84 Å². The minimum Gasteiger partial charge on any atom is -0.480 e. The van der Waals surface area contributed by atoms with Gasteiger partial charge in [0, 0.05) is 25.5 Å². The molecule has 0 spiro atoms. The van der Waals surface area contributed by atoms with Crippen molar-refractivity contribution < 1.29 is 14.6 Å². The van der Waals surface area contributed by atoms with Crippen molar-refractivity contribution in [2.75, 3.05) is 24.6 Å². The summed E-state index contributed by atoms with van der Waals surface area (Å²) in [7, 11) is 0. The Morgan fingerprint density at radius 3 is 2.81 bits per heavy atom. The number of ether oxygens (including phenoxy) is 1. The first-order valence-corrected chi connectivity index (χ1v) is 6.88. The Bertz CT molecular complexity index is 641. The Labute approximate surface area is 121 Å². The van der Waals surface area contributed by atoms with Gasteiger partial charge < -0.3 is 14.7 Å². The number of aromatic nitrogens is 3. The van der Waals surface area contributed by atoms with Gasteiger partial charge in [0.2, 0.25) is 0 Å². The van der Waals surface area contributed by atoms with Crippen molar-refractivity contribution in [1.82, 2.24) is 15.0 Å². The molecular weight excluding hydrogens is 272 g/mol. The lowest BCUT2D eigenvalue weighted by Crippen LogP contribution is -2.38. The van der Waals surface area contributed by atoms with Crippen molar-refractivity contribution in [2.24, 2.45) is 0 Å². The Hall–Kier alpha value is -2.28. The molecule has 1 fully saturated rings. The van der Waals surface area contributed by atoms with Crippen LogP contribution in [0.5, 0.6) is 0 Å². The van der Waals surface area contributed by atoms with Crippen LogP contribution in [0.15, 0.2) is 24.5 Å². The lowest BCUT2D eigenvalue weighted by atomic mass is 10.1. The van der Waals surface area contributed by atoms with Gasteiger partial charge in [-0.1, -0.05) is 0 Å². The van der Waals surface area contributed by atoms with Crippen LogP contribution in [0.25, 0.3) is 11.2 Å². The second-order valence-electron chi connectivity index (χ2n) is 4.96. The summed E-state index contributed by atoms with van der Waals surface area (Å²) in [6, 6.07) is 3.85. The van der Waals surface area contributed by atoms with Crippen LogP contribution in [-0.4, -0.2) is 51.8 Å². The van der Waals surface area contributed by atoms with Gasteiger partial charge in [0.05, 0.1) is 6.10 Å². The van der Waals surface area contributed by atoms with E-state index in [1.807, 2.05) is 12.1 Å². The molecule has 0 radical (unpaired) electrons. The first-order valence-electron chi connectivity index (χ1n) is 6.88. The van der Waals surface area contributed by atoms with E-state index in [1.54, 1.807) is 12.4 Å². The summed E-state index contributed by atoms with van der Waals surface area (Å²) in [5, 5.41) is 8.62. The van der Waals surface area contributed by atoms with Gasteiger partial charge in [0.1, 0.15) is 17.9 Å². The van der Waals surface area contributed by atoms with E-state index >= 15 is 0 Å². The molecule has 7 nitrogen and oxygen atoms in total. The molecule has 3 rings (SSSR count). The third-order valence-electron chi connectivity index (χ3n) is 3.53. The number of pyridine rings is 1. The fraction of sp³-hybridized carbons (Fsp3) is 0.429. The summed E-state index contributed by atoms with van der Waals surface area (Å²) in [6.07, 6.45) is 4.89. The van der Waals surface area contributed by atoms with Gasteiger partial charge >= 0.3 is 5.97 Å². The molecule has 0 atom stereocenters. The number of carboxylic acids is 1. The van der Waals surface area contributed by atoms with Gasteiger partial charge in [-0.25, -0.2) is 14.8 Å². The van der Waals surface area contributed by atoms with E-state index in [9.17, 15) is 4.79 Å². The van der Waals surface area contributed by atoms with Gasteiger partial charge in [-0.15, -0.1) is 0 Å². The first-order chi connectivity index (χ1) is 10.2. The van der Waals surface area contributed by atoms with E-state index < -0.39 is 5.97 Å². The normalized spacial score (nSPS) is 16.3. The number of nitrogens with zero attached hydrogens (tertiary/aromatic N) is 4. The zero-order valence-corrected chi connectivity index (χ0v) is 11.5. The van der Waals surface area contributed by atoms with Crippen LogP contribution in [0.1, 0.15) is 12.8 Å². The first kappa shape index (κ1) is 13.7. The molecule has 2 aromatic heterocycles. The van der Waals surface area contributed by atoms with Crippen molar-refractivity contribution in [3.05, 3.63) is 24.5 Å². The van der Waals surface area contributed by atoms with Crippen LogP contribution in [-0.2, 0) is 9.53 Å². The molecule has 0 bridgehead atoms. The fourth-order valence-corrected chi connectivity index (χ4v) is 2.46. The summed E-state index contributed by atoms with van der Waals surface area (Å²) in [5.74, 6) is -0.0492. The minimum absolute atomic E-state index is 0.0117. The van der Waals surface area contributed by atoms with Crippen molar-refractivity contribution in [1.29, 1.82) is 0 Å². The van der Waals surface area contributed by atoms with Crippen molar-refractivity contribution in [3.63, 3.8) is 0 Å². The molecule has 0 unspecified atom stereocenters. The summed E-state index contributed by atoms with van der Waals surface area (Å²) in [5.41, 5.74) is 1.42. The zero-order chi connectivity index (χ0) is 14.7. The van der Waals surface area contributed by atoms with Crippen LogP contribution in [0.2, 0.25) is 0 Å². The summed E-state index contributed by atoms with van der Waals surface area (Å²) >= 11 is 0. The molecule has 1 N–H and O–H groups in total. The number of aliphatic carboxylic acids is 1. The maximum absolute atomic E-state index is 10.5. The highest BCUT2D eigenvalue weighted by molar-refractivity contribution is 5.71. The van der Waals surface area contributed by atoms with Crippen LogP contribution < -0.4 is 4.90 Å². The molecule has 21 heavy (non-hydrogen) atoms. The molecule has 1 saturated heterocycles. The Morgan fingerprint density at radius 1 is 1.29 bits per heavy atom. The molecule has 0 saturated carbocycles. The predicted octanol–water partition coefficient (Wildman–Crippen LogP) is 1.09. The number of anilines is 1. The Morgan fingerprint density at radius 2 is 2.05 bits per heavy atom. The molecule has 1 aliphatic rings. The van der Waals surface area contributed by atoms with Gasteiger partial charge in [0.15, 0.2) is 5.65 Å². The van der Waals surface area contributed by atoms with Gasteiger partial charge in [-0.3, -0.25) is 4.98 Å². The summed E-state index contributed by atoms with van der Waals surface area (Å²) in [6.45, 7) is 1.36. The standard InChI is InChI=1S/C14H16N4O3/c19-13(20)9-21-10-3-7-18(8-4-10)12-2-1-11-14(17-12)16-6-5-15-11/h1-2,5-6,10H,3-4,7-9H2,(H,19,20). The number of piperidine rings is 1. The lowest BCUT2D eigenvalue weighted by molar-refractivity contribution is -0.144. The molecule has 0 amide bonds. The van der Waals surface area contributed by atoms with E-state index in [1.165, 1.54) is 0 Å². The van der Waals surface area contributed by atoms with Crippen LogP contribution in [0, 0.1) is 0 Å². The number of rotatable bonds is 4. The molecule has 3 heterocycles. The number of carbonyl (C=O) groups is 1. The highest BCUT2D eigenvalue weighted by atomic mass is 16.5. The monoisotopic (exact) mass is 288 g/mol. The van der Waals surface area contributed by atoms with Gasteiger partial charge in [-0.2, -0.15) is 0 Å². The smallest absolute Gasteiger partial charge is 0.329 e. The van der Waals surface area contributed by atoms with E-state index in [2.05, 4.69) is 19.9 Å². The minimum atomic E-state index is -0.924. The quantitative estimate of drug-likeness (QED) is 0.901. The van der Waals surface area contributed by atoms with Crippen molar-refractivity contribution in [2.45, 2.75) is 18.9 Å². The zero-order valence-electron chi connectivity index (χ0n) is 11.5. The number of hydrogen-bond acceptors (Lipinski definition) is 6. The van der Waals surface area contributed by atoms with Crippen molar-refractivity contribution >= 4 is 23.0 Å². The molecule has 0 aromatic carbocycles. The highest BCUT2D eigenvalue weighted by Crippen LogP contribution is 2.21. The molecule has 1 aliphatic heterocycles. The third-order valence-corrected chi connectivity index (χ3v) is 3.53. The number of fused-ring (bicyclic) bond motifs is 1.